The Morgan fingerprint density at radius 2 is 2.05 bits per heavy atom. The van der Waals surface area contributed by atoms with E-state index in [0.717, 1.165) is 12.8 Å². The van der Waals surface area contributed by atoms with E-state index in [1.807, 2.05) is 0 Å². The van der Waals surface area contributed by atoms with Crippen LogP contribution in [0.2, 0.25) is 0 Å². The maximum Gasteiger partial charge on any atom is 0.271 e. The van der Waals surface area contributed by atoms with Gasteiger partial charge in [-0.3, -0.25) is 4.79 Å². The van der Waals surface area contributed by atoms with Crippen LogP contribution in [0.25, 0.3) is 0 Å². The maximum absolute atomic E-state index is 11.4. The van der Waals surface area contributed by atoms with Crippen molar-refractivity contribution in [3.63, 3.8) is 0 Å². The van der Waals surface area contributed by atoms with Crippen molar-refractivity contribution in [2.45, 2.75) is 37.6 Å². The van der Waals surface area contributed by atoms with Crippen LogP contribution in [0.3, 0.4) is 0 Å². The predicted octanol–water partition coefficient (Wildman–Crippen LogP) is 0.910. The highest BCUT2D eigenvalue weighted by molar-refractivity contribution is 5.91. The Balaban J connectivity index is 2.07. The second-order valence-corrected chi connectivity index (χ2v) is 5.05. The molecule has 4 N–H and O–H groups in total. The second-order valence-electron chi connectivity index (χ2n) is 5.05. The predicted molar refractivity (Wildman–Crippen MR) is 73.9 cm³/mol. The molecule has 1 saturated carbocycles. The van der Waals surface area contributed by atoms with Gasteiger partial charge in [0.25, 0.3) is 5.91 Å². The first-order chi connectivity index (χ1) is 9.19. The zero-order valence-corrected chi connectivity index (χ0v) is 11.3. The molecule has 0 aliphatic heterocycles. The molecule has 0 unspecified atom stereocenters. The summed E-state index contributed by atoms with van der Waals surface area (Å²) in [5, 5.41) is 13.9. The van der Waals surface area contributed by atoms with Crippen molar-refractivity contribution in [1.82, 2.24) is 15.5 Å². The lowest BCUT2D eigenvalue weighted by Gasteiger charge is -2.37. The molecule has 1 amide bonds. The Morgan fingerprint density at radius 3 is 2.58 bits per heavy atom. The second kappa shape index (κ2) is 5.97. The summed E-state index contributed by atoms with van der Waals surface area (Å²) < 4.78 is 0. The minimum atomic E-state index is -0.231. The van der Waals surface area contributed by atoms with Gasteiger partial charge in [0.2, 0.25) is 0 Å². The van der Waals surface area contributed by atoms with Gasteiger partial charge < -0.3 is 16.4 Å². The molecule has 6 heteroatoms. The summed E-state index contributed by atoms with van der Waals surface area (Å²) in [6.07, 6.45) is 5.76. The molecule has 6 nitrogen and oxygen atoms in total. The highest BCUT2D eigenvalue weighted by Gasteiger charge is 2.30. The fraction of sp³-hybridized carbons (Fsp3) is 0.615. The third-order valence-electron chi connectivity index (χ3n) is 3.72. The molecule has 1 aromatic heterocycles. The van der Waals surface area contributed by atoms with E-state index in [4.69, 9.17) is 5.73 Å². The lowest BCUT2D eigenvalue weighted by atomic mass is 9.82. The molecular formula is C13H21N5O. The van der Waals surface area contributed by atoms with E-state index in [9.17, 15) is 4.79 Å². The molecule has 0 bridgehead atoms. The van der Waals surface area contributed by atoms with Gasteiger partial charge in [-0.05, 0) is 25.0 Å². The van der Waals surface area contributed by atoms with Gasteiger partial charge in [-0.2, -0.15) is 0 Å². The van der Waals surface area contributed by atoms with Crippen molar-refractivity contribution in [2.24, 2.45) is 5.73 Å². The molecule has 19 heavy (non-hydrogen) atoms. The van der Waals surface area contributed by atoms with Crippen molar-refractivity contribution < 1.29 is 4.79 Å². The highest BCUT2D eigenvalue weighted by Crippen LogP contribution is 2.30. The number of anilines is 1. The smallest absolute Gasteiger partial charge is 0.271 e. The number of nitrogens with zero attached hydrogens (tertiary/aromatic N) is 2. The number of nitrogens with one attached hydrogen (secondary N) is 2. The first kappa shape index (κ1) is 13.7. The number of carbonyl (C=O) groups is 1. The van der Waals surface area contributed by atoms with Crippen LogP contribution in [-0.4, -0.2) is 35.2 Å². The summed E-state index contributed by atoms with van der Waals surface area (Å²) in [4.78, 5) is 11.4. The van der Waals surface area contributed by atoms with E-state index in [-0.39, 0.29) is 11.4 Å². The molecule has 1 aliphatic carbocycles. The minimum Gasteiger partial charge on any atom is -0.362 e. The summed E-state index contributed by atoms with van der Waals surface area (Å²) in [6, 6.07) is 3.45. The topological polar surface area (TPSA) is 92.9 Å². The Bertz CT molecular complexity index is 425. The lowest BCUT2D eigenvalue weighted by Crippen LogP contribution is -2.47. The maximum atomic E-state index is 11.4. The number of hydrogen-bond acceptors (Lipinski definition) is 5. The molecular weight excluding hydrogens is 242 g/mol. The molecule has 0 radical (unpaired) electrons. The van der Waals surface area contributed by atoms with Crippen LogP contribution in [0.1, 0.15) is 42.6 Å². The molecule has 1 aromatic rings. The van der Waals surface area contributed by atoms with Crippen LogP contribution in [0.15, 0.2) is 12.1 Å². The fourth-order valence-corrected chi connectivity index (χ4v) is 2.53. The first-order valence-electron chi connectivity index (χ1n) is 6.73. The number of carbonyl (C=O) groups excluding carboxylic acids is 1. The van der Waals surface area contributed by atoms with Gasteiger partial charge in [-0.15, -0.1) is 10.2 Å². The number of rotatable bonds is 4. The van der Waals surface area contributed by atoms with Gasteiger partial charge in [0.15, 0.2) is 5.69 Å². The van der Waals surface area contributed by atoms with Crippen LogP contribution < -0.4 is 16.4 Å². The van der Waals surface area contributed by atoms with Crippen LogP contribution in [0, 0.1) is 0 Å². The van der Waals surface area contributed by atoms with E-state index in [1.165, 1.54) is 19.3 Å². The van der Waals surface area contributed by atoms with E-state index < -0.39 is 0 Å². The normalized spacial score (nSPS) is 17.8. The molecule has 1 fully saturated rings. The standard InChI is InChI=1S/C13H21N5O/c1-15-12(19)10-5-6-11(18-17-10)16-13(9-14)7-3-2-4-8-13/h5-6H,2-4,7-9,14H2,1H3,(H,15,19)(H,16,18). The average Bonchev–Trinajstić information content (AvgIpc) is 2.48. The van der Waals surface area contributed by atoms with Gasteiger partial charge in [-0.25, -0.2) is 0 Å². The molecule has 0 saturated heterocycles. The van der Waals surface area contributed by atoms with Gasteiger partial charge in [-0.1, -0.05) is 19.3 Å². The summed E-state index contributed by atoms with van der Waals surface area (Å²) in [7, 11) is 1.57. The molecule has 104 valence electrons. The molecule has 0 atom stereocenters. The van der Waals surface area contributed by atoms with Gasteiger partial charge in [0.1, 0.15) is 5.82 Å². The van der Waals surface area contributed by atoms with Crippen molar-refractivity contribution in [3.05, 3.63) is 17.8 Å². The van der Waals surface area contributed by atoms with Crippen LogP contribution in [0.4, 0.5) is 5.82 Å². The summed E-state index contributed by atoms with van der Waals surface area (Å²) in [5.74, 6) is 0.449. The number of amides is 1. The Kier molecular flexibility index (Phi) is 4.31. The Labute approximate surface area is 113 Å². The van der Waals surface area contributed by atoms with E-state index in [1.54, 1.807) is 19.2 Å². The fourth-order valence-electron chi connectivity index (χ4n) is 2.53. The number of hydrogen-bond donors (Lipinski definition) is 3. The quantitative estimate of drug-likeness (QED) is 0.751. The average molecular weight is 263 g/mol. The first-order valence-corrected chi connectivity index (χ1v) is 6.73. The van der Waals surface area contributed by atoms with Crippen molar-refractivity contribution in [1.29, 1.82) is 0 Å². The molecule has 2 rings (SSSR count). The molecule has 0 spiro atoms. The largest absolute Gasteiger partial charge is 0.362 e. The minimum absolute atomic E-state index is 0.0680. The van der Waals surface area contributed by atoms with E-state index in [2.05, 4.69) is 20.8 Å². The molecule has 1 heterocycles. The number of aromatic nitrogens is 2. The van der Waals surface area contributed by atoms with Gasteiger partial charge in [0.05, 0.1) is 5.54 Å². The Hall–Kier alpha value is -1.69. The zero-order chi connectivity index (χ0) is 13.7. The Morgan fingerprint density at radius 1 is 1.32 bits per heavy atom. The van der Waals surface area contributed by atoms with Crippen molar-refractivity contribution in [2.75, 3.05) is 18.9 Å². The third-order valence-corrected chi connectivity index (χ3v) is 3.72. The molecule has 0 aromatic carbocycles. The van der Waals surface area contributed by atoms with Gasteiger partial charge >= 0.3 is 0 Å². The molecule has 1 aliphatic rings. The van der Waals surface area contributed by atoms with E-state index in [0.29, 0.717) is 18.1 Å². The van der Waals surface area contributed by atoms with Gasteiger partial charge in [0, 0.05) is 13.6 Å². The summed E-state index contributed by atoms with van der Waals surface area (Å²) in [5.41, 5.74) is 6.16. The summed E-state index contributed by atoms with van der Waals surface area (Å²) in [6.45, 7) is 0.589. The van der Waals surface area contributed by atoms with E-state index >= 15 is 0 Å². The highest BCUT2D eigenvalue weighted by atomic mass is 16.1. The van der Waals surface area contributed by atoms with Crippen molar-refractivity contribution in [3.8, 4) is 0 Å². The SMILES string of the molecule is CNC(=O)c1ccc(NC2(CN)CCCCC2)nn1. The van der Waals surface area contributed by atoms with Crippen LogP contribution >= 0.6 is 0 Å². The monoisotopic (exact) mass is 263 g/mol. The van der Waals surface area contributed by atoms with Crippen LogP contribution in [-0.2, 0) is 0 Å². The summed E-state index contributed by atoms with van der Waals surface area (Å²) >= 11 is 0. The third kappa shape index (κ3) is 3.20. The number of nitrogens with two attached hydrogens (primary N) is 1. The zero-order valence-electron chi connectivity index (χ0n) is 11.3. The lowest BCUT2D eigenvalue weighted by molar-refractivity contribution is 0.0957. The van der Waals surface area contributed by atoms with Crippen LogP contribution in [0.5, 0.6) is 0 Å². The van der Waals surface area contributed by atoms with Crippen molar-refractivity contribution >= 4 is 11.7 Å².